The number of sulfonamides is 1. The molecule has 1 heterocycles. The first-order valence-corrected chi connectivity index (χ1v) is 11.1. The predicted molar refractivity (Wildman–Crippen MR) is 109 cm³/mol. The van der Waals surface area contributed by atoms with Gasteiger partial charge in [-0.25, -0.2) is 12.8 Å². The molecule has 0 saturated carbocycles. The molecule has 2 aromatic rings. The van der Waals surface area contributed by atoms with Crippen LogP contribution in [0.3, 0.4) is 0 Å². The van der Waals surface area contributed by atoms with Crippen molar-refractivity contribution in [1.29, 1.82) is 0 Å². The molecule has 0 aliphatic carbocycles. The molecule has 150 valence electrons. The van der Waals surface area contributed by atoms with E-state index in [9.17, 15) is 17.6 Å². The molecule has 1 aliphatic rings. The minimum Gasteiger partial charge on any atom is -0.326 e. The number of nitrogens with zero attached hydrogens (tertiary/aromatic N) is 2. The number of hydrogen-bond acceptors (Lipinski definition) is 4. The second kappa shape index (κ2) is 9.13. The standard InChI is InChI=1S/C19H21BrFN3O3S/c20-15-4-6-17(7-5-15)22-19(25)8-9-23-10-12-24(13-11-23)28(26,27)18-3-1-2-16(21)14-18/h1-7,14H,8-13H2,(H,22,25). The zero-order chi connectivity index (χ0) is 20.1. The van der Waals surface area contributed by atoms with Crippen LogP contribution >= 0.6 is 15.9 Å². The number of amides is 1. The van der Waals surface area contributed by atoms with Crippen molar-refractivity contribution < 1.29 is 17.6 Å². The number of carbonyl (C=O) groups is 1. The van der Waals surface area contributed by atoms with E-state index < -0.39 is 15.8 Å². The van der Waals surface area contributed by atoms with Gasteiger partial charge in [0.25, 0.3) is 0 Å². The molecule has 6 nitrogen and oxygen atoms in total. The van der Waals surface area contributed by atoms with Gasteiger partial charge in [-0.2, -0.15) is 4.31 Å². The van der Waals surface area contributed by atoms with Crippen LogP contribution in [0.1, 0.15) is 6.42 Å². The van der Waals surface area contributed by atoms with Gasteiger partial charge in [-0.1, -0.05) is 22.0 Å². The van der Waals surface area contributed by atoms with Crippen LogP contribution in [0.25, 0.3) is 0 Å². The maximum Gasteiger partial charge on any atom is 0.243 e. The summed E-state index contributed by atoms with van der Waals surface area (Å²) in [5.74, 6) is -0.659. The van der Waals surface area contributed by atoms with Gasteiger partial charge in [0.05, 0.1) is 4.90 Å². The Bertz CT molecular complexity index is 930. The average Bonchev–Trinajstić information content (AvgIpc) is 2.68. The van der Waals surface area contributed by atoms with Crippen molar-refractivity contribution in [2.75, 3.05) is 38.0 Å². The Morgan fingerprint density at radius 2 is 1.75 bits per heavy atom. The summed E-state index contributed by atoms with van der Waals surface area (Å²) in [5, 5.41) is 2.84. The minimum absolute atomic E-state index is 0.0326. The summed E-state index contributed by atoms with van der Waals surface area (Å²) >= 11 is 3.35. The zero-order valence-electron chi connectivity index (χ0n) is 15.1. The maximum atomic E-state index is 13.3. The van der Waals surface area contributed by atoms with Crippen molar-refractivity contribution in [3.05, 3.63) is 58.8 Å². The fourth-order valence-electron chi connectivity index (χ4n) is 2.99. The molecule has 2 aromatic carbocycles. The lowest BCUT2D eigenvalue weighted by Gasteiger charge is -2.33. The van der Waals surface area contributed by atoms with Gasteiger partial charge in [-0.05, 0) is 42.5 Å². The zero-order valence-corrected chi connectivity index (χ0v) is 17.5. The van der Waals surface area contributed by atoms with Crippen molar-refractivity contribution in [1.82, 2.24) is 9.21 Å². The van der Waals surface area contributed by atoms with Crippen molar-refractivity contribution in [3.63, 3.8) is 0 Å². The minimum atomic E-state index is -3.70. The Labute approximate surface area is 172 Å². The van der Waals surface area contributed by atoms with E-state index in [1.54, 1.807) is 0 Å². The van der Waals surface area contributed by atoms with Gasteiger partial charge in [-0.3, -0.25) is 4.79 Å². The average molecular weight is 470 g/mol. The van der Waals surface area contributed by atoms with Crippen molar-refractivity contribution in [2.24, 2.45) is 0 Å². The third kappa shape index (κ3) is 5.38. The molecule has 0 unspecified atom stereocenters. The van der Waals surface area contributed by atoms with Gasteiger partial charge in [0.15, 0.2) is 0 Å². The van der Waals surface area contributed by atoms with E-state index >= 15 is 0 Å². The number of hydrogen-bond donors (Lipinski definition) is 1. The van der Waals surface area contributed by atoms with E-state index in [1.807, 2.05) is 24.3 Å². The largest absolute Gasteiger partial charge is 0.326 e. The van der Waals surface area contributed by atoms with Crippen LogP contribution in [-0.2, 0) is 14.8 Å². The fourth-order valence-corrected chi connectivity index (χ4v) is 4.70. The summed E-state index contributed by atoms with van der Waals surface area (Å²) in [4.78, 5) is 14.1. The maximum absolute atomic E-state index is 13.3. The van der Waals surface area contributed by atoms with Crippen LogP contribution in [0.5, 0.6) is 0 Å². The lowest BCUT2D eigenvalue weighted by Crippen LogP contribution is -2.49. The first-order valence-electron chi connectivity index (χ1n) is 8.88. The van der Waals surface area contributed by atoms with Crippen LogP contribution in [-0.4, -0.2) is 56.3 Å². The van der Waals surface area contributed by atoms with Crippen molar-refractivity contribution in [2.45, 2.75) is 11.3 Å². The third-order valence-electron chi connectivity index (χ3n) is 4.55. The fraction of sp³-hybridized carbons (Fsp3) is 0.316. The highest BCUT2D eigenvalue weighted by atomic mass is 79.9. The normalized spacial score (nSPS) is 16.1. The second-order valence-corrected chi connectivity index (χ2v) is 9.36. The number of benzene rings is 2. The number of rotatable bonds is 6. The Morgan fingerprint density at radius 1 is 1.07 bits per heavy atom. The van der Waals surface area contributed by atoms with Crippen molar-refractivity contribution in [3.8, 4) is 0 Å². The van der Waals surface area contributed by atoms with Crippen LogP contribution in [0.2, 0.25) is 0 Å². The van der Waals surface area contributed by atoms with Gasteiger partial charge in [0.2, 0.25) is 15.9 Å². The van der Waals surface area contributed by atoms with Crippen LogP contribution in [0, 0.1) is 5.82 Å². The van der Waals surface area contributed by atoms with Crippen LogP contribution in [0.4, 0.5) is 10.1 Å². The molecular weight excluding hydrogens is 449 g/mol. The quantitative estimate of drug-likeness (QED) is 0.705. The molecule has 0 spiro atoms. The summed E-state index contributed by atoms with van der Waals surface area (Å²) in [6, 6.07) is 12.4. The van der Waals surface area contributed by atoms with E-state index in [0.717, 1.165) is 16.2 Å². The van der Waals surface area contributed by atoms with E-state index in [0.29, 0.717) is 39.1 Å². The van der Waals surface area contributed by atoms with E-state index in [-0.39, 0.29) is 10.8 Å². The summed E-state index contributed by atoms with van der Waals surface area (Å²) in [6.07, 6.45) is 0.326. The Hall–Kier alpha value is -1.81. The third-order valence-corrected chi connectivity index (χ3v) is 6.97. The van der Waals surface area contributed by atoms with Crippen LogP contribution < -0.4 is 5.32 Å². The summed E-state index contributed by atoms with van der Waals surface area (Å²) in [6.45, 7) is 2.23. The molecule has 0 atom stereocenters. The molecule has 3 rings (SSSR count). The molecular formula is C19H21BrFN3O3S. The van der Waals surface area contributed by atoms with Crippen LogP contribution in [0.15, 0.2) is 57.9 Å². The topological polar surface area (TPSA) is 69.7 Å². The highest BCUT2D eigenvalue weighted by Gasteiger charge is 2.28. The highest BCUT2D eigenvalue weighted by Crippen LogP contribution is 2.19. The number of halogens is 2. The summed E-state index contributed by atoms with van der Waals surface area (Å²) in [5.41, 5.74) is 0.735. The van der Waals surface area contributed by atoms with E-state index in [1.165, 1.54) is 22.5 Å². The number of piperazine rings is 1. The Balaban J connectivity index is 1.47. The molecule has 9 heteroatoms. The molecule has 1 aliphatic heterocycles. The first kappa shape index (κ1) is 20.9. The van der Waals surface area contributed by atoms with Crippen molar-refractivity contribution >= 4 is 37.5 Å². The molecule has 0 bridgehead atoms. The van der Waals surface area contributed by atoms with Gasteiger partial charge < -0.3 is 10.2 Å². The van der Waals surface area contributed by atoms with Gasteiger partial charge in [0, 0.05) is 49.3 Å². The van der Waals surface area contributed by atoms with E-state index in [2.05, 4.69) is 26.1 Å². The summed E-state index contributed by atoms with van der Waals surface area (Å²) in [7, 11) is -3.70. The highest BCUT2D eigenvalue weighted by molar-refractivity contribution is 9.10. The number of nitrogens with one attached hydrogen (secondary N) is 1. The number of anilines is 1. The lowest BCUT2D eigenvalue weighted by molar-refractivity contribution is -0.116. The molecule has 0 aromatic heterocycles. The number of carbonyl (C=O) groups excluding carboxylic acids is 1. The first-order chi connectivity index (χ1) is 13.3. The Kier molecular flexibility index (Phi) is 6.82. The van der Waals surface area contributed by atoms with Gasteiger partial charge >= 0.3 is 0 Å². The van der Waals surface area contributed by atoms with Gasteiger partial charge in [-0.15, -0.1) is 0 Å². The molecule has 1 saturated heterocycles. The summed E-state index contributed by atoms with van der Waals surface area (Å²) < 4.78 is 40.9. The van der Waals surface area contributed by atoms with Gasteiger partial charge in [0.1, 0.15) is 5.82 Å². The van der Waals surface area contributed by atoms with E-state index in [4.69, 9.17) is 0 Å². The second-order valence-electron chi connectivity index (χ2n) is 6.51. The molecule has 0 radical (unpaired) electrons. The lowest BCUT2D eigenvalue weighted by atomic mass is 10.3. The smallest absolute Gasteiger partial charge is 0.243 e. The molecule has 28 heavy (non-hydrogen) atoms. The molecule has 1 amide bonds. The monoisotopic (exact) mass is 469 g/mol. The Morgan fingerprint density at radius 3 is 2.39 bits per heavy atom. The predicted octanol–water partition coefficient (Wildman–Crippen LogP) is 2.92. The SMILES string of the molecule is O=C(CCN1CCN(S(=O)(=O)c2cccc(F)c2)CC1)Nc1ccc(Br)cc1. The molecule has 1 N–H and O–H groups in total. The molecule has 1 fully saturated rings.